The highest BCUT2D eigenvalue weighted by Crippen LogP contribution is 2.39. The Bertz CT molecular complexity index is 631. The normalized spacial score (nSPS) is 26.0. The lowest BCUT2D eigenvalue weighted by Gasteiger charge is -2.33. The number of pyridine rings is 1. The lowest BCUT2D eigenvalue weighted by molar-refractivity contribution is 0.0827. The van der Waals surface area contributed by atoms with E-state index >= 15 is 0 Å². The Labute approximate surface area is 143 Å². The third kappa shape index (κ3) is 3.23. The number of anilines is 1. The van der Waals surface area contributed by atoms with Gasteiger partial charge >= 0.3 is 6.03 Å². The number of hydrogen-bond donors (Lipinski definition) is 1. The van der Waals surface area contributed by atoms with Crippen LogP contribution in [0.1, 0.15) is 49.4 Å². The minimum absolute atomic E-state index is 0.0983. The van der Waals surface area contributed by atoms with Gasteiger partial charge in [0.1, 0.15) is 5.82 Å². The smallest absolute Gasteiger partial charge is 0.323 e. The second-order valence-electron chi connectivity index (χ2n) is 7.16. The summed E-state index contributed by atoms with van der Waals surface area (Å²) in [6.45, 7) is 2.12. The van der Waals surface area contributed by atoms with E-state index in [-0.39, 0.29) is 18.0 Å². The molecule has 6 nitrogen and oxygen atoms in total. The van der Waals surface area contributed by atoms with Crippen molar-refractivity contribution in [2.24, 2.45) is 5.92 Å². The highest BCUT2D eigenvalue weighted by atomic mass is 16.2. The number of rotatable bonds is 2. The van der Waals surface area contributed by atoms with Crippen LogP contribution in [0.3, 0.4) is 0 Å². The summed E-state index contributed by atoms with van der Waals surface area (Å²) in [5, 5.41) is 2.89. The van der Waals surface area contributed by atoms with Crippen LogP contribution in [-0.2, 0) is 0 Å². The van der Waals surface area contributed by atoms with Crippen LogP contribution in [0.15, 0.2) is 18.3 Å². The lowest BCUT2D eigenvalue weighted by atomic mass is 9.85. The summed E-state index contributed by atoms with van der Waals surface area (Å²) in [5.74, 6) is 0.961. The maximum atomic E-state index is 12.8. The molecule has 3 amide bonds. The summed E-state index contributed by atoms with van der Waals surface area (Å²) >= 11 is 0. The molecule has 0 unspecified atom stereocenters. The van der Waals surface area contributed by atoms with Crippen LogP contribution < -0.4 is 5.32 Å². The average molecular weight is 330 g/mol. The van der Waals surface area contributed by atoms with Gasteiger partial charge in [0.25, 0.3) is 5.91 Å². The van der Waals surface area contributed by atoms with E-state index in [1.54, 1.807) is 32.4 Å². The molecule has 3 rings (SSSR count). The van der Waals surface area contributed by atoms with Gasteiger partial charge in [0.2, 0.25) is 0 Å². The molecule has 1 saturated heterocycles. The number of aromatic nitrogens is 1. The molecule has 0 bridgehead atoms. The first-order valence-electron chi connectivity index (χ1n) is 8.74. The molecule has 0 aromatic carbocycles. The topological polar surface area (TPSA) is 65.5 Å². The maximum absolute atomic E-state index is 12.8. The van der Waals surface area contributed by atoms with Crippen molar-refractivity contribution in [2.45, 2.75) is 51.1 Å². The molecule has 2 heterocycles. The molecule has 1 saturated carbocycles. The summed E-state index contributed by atoms with van der Waals surface area (Å²) in [6.07, 6.45) is 7.44. The van der Waals surface area contributed by atoms with Gasteiger partial charge in [-0.25, -0.2) is 9.78 Å². The van der Waals surface area contributed by atoms with E-state index in [4.69, 9.17) is 0 Å². The molecule has 1 aliphatic carbocycles. The zero-order chi connectivity index (χ0) is 17.3. The summed E-state index contributed by atoms with van der Waals surface area (Å²) in [7, 11) is 3.41. The lowest BCUT2D eigenvalue weighted by Crippen LogP contribution is -2.44. The van der Waals surface area contributed by atoms with Crippen molar-refractivity contribution in [3.8, 4) is 0 Å². The standard InChI is InChI=1S/C18H26N4O2/c1-12-10-13-6-4-5-7-15(13)22(12)18(24)20-16-11-14(8-9-19-16)17(23)21(2)3/h8-9,11-13,15H,4-7,10H2,1-3H3,(H,19,20,24)/t12-,13-,15+/m1/s1. The van der Waals surface area contributed by atoms with Gasteiger partial charge in [-0.1, -0.05) is 12.8 Å². The monoisotopic (exact) mass is 330 g/mol. The number of carbonyl (C=O) groups excluding carboxylic acids is 2. The van der Waals surface area contributed by atoms with Crippen molar-refractivity contribution in [2.75, 3.05) is 19.4 Å². The first kappa shape index (κ1) is 16.7. The van der Waals surface area contributed by atoms with Crippen molar-refractivity contribution < 1.29 is 9.59 Å². The van der Waals surface area contributed by atoms with Crippen LogP contribution in [0, 0.1) is 5.92 Å². The van der Waals surface area contributed by atoms with E-state index in [0.717, 1.165) is 12.8 Å². The number of nitrogens with one attached hydrogen (secondary N) is 1. The predicted octanol–water partition coefficient (Wildman–Crippen LogP) is 2.97. The Kier molecular flexibility index (Phi) is 4.73. The van der Waals surface area contributed by atoms with Crippen molar-refractivity contribution in [3.63, 3.8) is 0 Å². The van der Waals surface area contributed by atoms with Gasteiger partial charge in [0.05, 0.1) is 0 Å². The van der Waals surface area contributed by atoms with E-state index < -0.39 is 0 Å². The number of urea groups is 1. The molecular formula is C18H26N4O2. The molecular weight excluding hydrogens is 304 g/mol. The van der Waals surface area contributed by atoms with Crippen molar-refractivity contribution in [1.82, 2.24) is 14.8 Å². The molecule has 1 N–H and O–H groups in total. The summed E-state index contributed by atoms with van der Waals surface area (Å²) < 4.78 is 0. The number of fused-ring (bicyclic) bond motifs is 1. The number of nitrogens with zero attached hydrogens (tertiary/aromatic N) is 3. The van der Waals surface area contributed by atoms with Gasteiger partial charge in [0, 0.05) is 37.9 Å². The Hall–Kier alpha value is -2.11. The molecule has 2 aliphatic rings. The SMILES string of the molecule is C[C@@H]1C[C@H]2CCCC[C@@H]2N1C(=O)Nc1cc(C(=O)N(C)C)ccn1. The van der Waals surface area contributed by atoms with Gasteiger partial charge in [-0.2, -0.15) is 0 Å². The number of hydrogen-bond acceptors (Lipinski definition) is 3. The maximum Gasteiger partial charge on any atom is 0.323 e. The first-order valence-corrected chi connectivity index (χ1v) is 8.74. The minimum Gasteiger partial charge on any atom is -0.345 e. The fourth-order valence-electron chi connectivity index (χ4n) is 4.12. The van der Waals surface area contributed by atoms with Crippen molar-refractivity contribution in [1.29, 1.82) is 0 Å². The van der Waals surface area contributed by atoms with Gasteiger partial charge < -0.3 is 9.80 Å². The molecule has 24 heavy (non-hydrogen) atoms. The average Bonchev–Trinajstić information content (AvgIpc) is 2.90. The van der Waals surface area contributed by atoms with Crippen LogP contribution >= 0.6 is 0 Å². The number of carbonyl (C=O) groups is 2. The third-order valence-electron chi connectivity index (χ3n) is 5.23. The van der Waals surface area contributed by atoms with Crippen molar-refractivity contribution in [3.05, 3.63) is 23.9 Å². The van der Waals surface area contributed by atoms with E-state index in [1.165, 1.54) is 24.2 Å². The fraction of sp³-hybridized carbons (Fsp3) is 0.611. The van der Waals surface area contributed by atoms with Crippen molar-refractivity contribution >= 4 is 17.8 Å². The Balaban J connectivity index is 1.73. The van der Waals surface area contributed by atoms with E-state index in [2.05, 4.69) is 17.2 Å². The van der Waals surface area contributed by atoms with Gasteiger partial charge in [0.15, 0.2) is 0 Å². The zero-order valence-corrected chi connectivity index (χ0v) is 14.7. The number of amides is 3. The van der Waals surface area contributed by atoms with Crippen LogP contribution in [0.25, 0.3) is 0 Å². The Morgan fingerprint density at radius 1 is 1.29 bits per heavy atom. The predicted molar refractivity (Wildman–Crippen MR) is 92.9 cm³/mol. The molecule has 1 aliphatic heterocycles. The van der Waals surface area contributed by atoms with Crippen LogP contribution in [0.5, 0.6) is 0 Å². The largest absolute Gasteiger partial charge is 0.345 e. The van der Waals surface area contributed by atoms with E-state index in [1.807, 2.05) is 4.90 Å². The van der Waals surface area contributed by atoms with E-state index in [9.17, 15) is 9.59 Å². The number of likely N-dealkylation sites (tertiary alicyclic amines) is 1. The highest BCUT2D eigenvalue weighted by molar-refractivity contribution is 5.96. The second kappa shape index (κ2) is 6.79. The summed E-state index contributed by atoms with van der Waals surface area (Å²) in [4.78, 5) is 32.5. The fourth-order valence-corrected chi connectivity index (χ4v) is 4.12. The van der Waals surface area contributed by atoms with Crippen LogP contribution in [0.2, 0.25) is 0 Å². The third-order valence-corrected chi connectivity index (χ3v) is 5.23. The van der Waals surface area contributed by atoms with Gasteiger partial charge in [-0.15, -0.1) is 0 Å². The molecule has 3 atom stereocenters. The zero-order valence-electron chi connectivity index (χ0n) is 14.7. The summed E-state index contributed by atoms with van der Waals surface area (Å²) in [6, 6.07) is 3.80. The highest BCUT2D eigenvalue weighted by Gasteiger charge is 2.42. The van der Waals surface area contributed by atoms with Gasteiger partial charge in [-0.3, -0.25) is 10.1 Å². The molecule has 130 valence electrons. The van der Waals surface area contributed by atoms with Crippen LogP contribution in [-0.4, -0.2) is 52.9 Å². The molecule has 0 radical (unpaired) electrons. The molecule has 6 heteroatoms. The second-order valence-corrected chi connectivity index (χ2v) is 7.16. The van der Waals surface area contributed by atoms with E-state index in [0.29, 0.717) is 23.3 Å². The molecule has 2 fully saturated rings. The molecule has 0 spiro atoms. The Morgan fingerprint density at radius 2 is 2.04 bits per heavy atom. The Morgan fingerprint density at radius 3 is 2.79 bits per heavy atom. The van der Waals surface area contributed by atoms with Crippen LogP contribution in [0.4, 0.5) is 10.6 Å². The van der Waals surface area contributed by atoms with Gasteiger partial charge in [-0.05, 0) is 44.2 Å². The molecule has 1 aromatic rings. The minimum atomic E-state index is -0.102. The first-order chi connectivity index (χ1) is 11.5. The summed E-state index contributed by atoms with van der Waals surface area (Å²) in [5.41, 5.74) is 0.523. The quantitative estimate of drug-likeness (QED) is 0.906. The molecule has 1 aromatic heterocycles.